The van der Waals surface area contributed by atoms with Crippen molar-refractivity contribution in [3.63, 3.8) is 0 Å². The van der Waals surface area contributed by atoms with E-state index < -0.39 is 0 Å². The van der Waals surface area contributed by atoms with Gasteiger partial charge in [-0.05, 0) is 36.5 Å². The number of hydrogen-bond donors (Lipinski definition) is 1. The van der Waals surface area contributed by atoms with E-state index >= 15 is 0 Å². The summed E-state index contributed by atoms with van der Waals surface area (Å²) in [4.78, 5) is 0. The van der Waals surface area contributed by atoms with Crippen LogP contribution in [0.4, 0.5) is 0 Å². The highest BCUT2D eigenvalue weighted by atomic mass is 79.9. The van der Waals surface area contributed by atoms with Crippen LogP contribution in [-0.4, -0.2) is 0 Å². The van der Waals surface area contributed by atoms with Gasteiger partial charge in [0.15, 0.2) is 0 Å². The van der Waals surface area contributed by atoms with Crippen molar-refractivity contribution in [1.29, 1.82) is 0 Å². The summed E-state index contributed by atoms with van der Waals surface area (Å²) in [6.07, 6.45) is 3.52. The molecular formula is C14H22BrN. The topological polar surface area (TPSA) is 26.0 Å². The number of halogens is 1. The normalized spacial score (nSPS) is 13.1. The molecular weight excluding hydrogens is 262 g/mol. The first-order valence-electron chi connectivity index (χ1n) is 6.10. The summed E-state index contributed by atoms with van der Waals surface area (Å²) in [7, 11) is 0. The summed E-state index contributed by atoms with van der Waals surface area (Å²) in [5, 5.41) is 0. The van der Waals surface area contributed by atoms with E-state index in [1.165, 1.54) is 24.0 Å². The quantitative estimate of drug-likeness (QED) is 0.841. The maximum absolute atomic E-state index is 6.25. The Morgan fingerprint density at radius 1 is 1.25 bits per heavy atom. The molecule has 1 nitrogen and oxygen atoms in total. The van der Waals surface area contributed by atoms with Crippen molar-refractivity contribution in [2.75, 3.05) is 0 Å². The SMILES string of the molecule is CCC(CC)CC(N)c1ccc(C)c(Br)c1. The molecule has 0 amide bonds. The predicted molar refractivity (Wildman–Crippen MR) is 74.5 cm³/mol. The van der Waals surface area contributed by atoms with Crippen LogP contribution in [0, 0.1) is 12.8 Å². The number of aryl methyl sites for hydroxylation is 1. The second kappa shape index (κ2) is 6.41. The molecule has 1 atom stereocenters. The van der Waals surface area contributed by atoms with Crippen LogP contribution in [-0.2, 0) is 0 Å². The molecule has 1 aromatic rings. The second-order valence-corrected chi connectivity index (χ2v) is 5.39. The zero-order chi connectivity index (χ0) is 12.1. The molecule has 0 heterocycles. The fourth-order valence-corrected chi connectivity index (χ4v) is 2.35. The summed E-state index contributed by atoms with van der Waals surface area (Å²) >= 11 is 3.56. The zero-order valence-corrected chi connectivity index (χ0v) is 12.0. The minimum atomic E-state index is 0.168. The Morgan fingerprint density at radius 2 is 1.88 bits per heavy atom. The molecule has 0 bridgehead atoms. The van der Waals surface area contributed by atoms with Gasteiger partial charge in [-0.25, -0.2) is 0 Å². The smallest absolute Gasteiger partial charge is 0.0297 e. The minimum Gasteiger partial charge on any atom is -0.324 e. The van der Waals surface area contributed by atoms with Crippen LogP contribution in [0.1, 0.15) is 50.3 Å². The Bertz CT molecular complexity index is 332. The summed E-state index contributed by atoms with van der Waals surface area (Å²) in [5.74, 6) is 0.745. The molecule has 90 valence electrons. The Kier molecular flexibility index (Phi) is 5.50. The summed E-state index contributed by atoms with van der Waals surface area (Å²) in [6.45, 7) is 6.58. The largest absolute Gasteiger partial charge is 0.324 e. The van der Waals surface area contributed by atoms with E-state index in [1.54, 1.807) is 0 Å². The third-order valence-corrected chi connectivity index (χ3v) is 4.22. The van der Waals surface area contributed by atoms with Gasteiger partial charge in [-0.15, -0.1) is 0 Å². The lowest BCUT2D eigenvalue weighted by atomic mass is 9.91. The first-order chi connectivity index (χ1) is 7.58. The van der Waals surface area contributed by atoms with Crippen molar-refractivity contribution in [2.24, 2.45) is 11.7 Å². The van der Waals surface area contributed by atoms with Gasteiger partial charge in [0, 0.05) is 10.5 Å². The number of nitrogens with two attached hydrogens (primary N) is 1. The molecule has 0 radical (unpaired) electrons. The van der Waals surface area contributed by atoms with E-state index in [2.05, 4.69) is 54.9 Å². The Morgan fingerprint density at radius 3 is 2.38 bits per heavy atom. The summed E-state index contributed by atoms with van der Waals surface area (Å²) < 4.78 is 1.16. The molecule has 0 fully saturated rings. The molecule has 0 saturated heterocycles. The van der Waals surface area contributed by atoms with E-state index in [-0.39, 0.29) is 6.04 Å². The monoisotopic (exact) mass is 283 g/mol. The van der Waals surface area contributed by atoms with Crippen LogP contribution in [0.25, 0.3) is 0 Å². The van der Waals surface area contributed by atoms with E-state index in [1.807, 2.05) is 0 Å². The maximum atomic E-state index is 6.25. The Hall–Kier alpha value is -0.340. The fourth-order valence-electron chi connectivity index (χ4n) is 1.96. The summed E-state index contributed by atoms with van der Waals surface area (Å²) in [5.41, 5.74) is 8.75. The van der Waals surface area contributed by atoms with Gasteiger partial charge in [0.05, 0.1) is 0 Å². The molecule has 0 aliphatic carbocycles. The van der Waals surface area contributed by atoms with Gasteiger partial charge in [-0.2, -0.15) is 0 Å². The lowest BCUT2D eigenvalue weighted by Gasteiger charge is -2.19. The average molecular weight is 284 g/mol. The molecule has 0 saturated carbocycles. The lowest BCUT2D eigenvalue weighted by Crippen LogP contribution is -2.15. The molecule has 0 aliphatic heterocycles. The first-order valence-corrected chi connectivity index (χ1v) is 6.89. The minimum absolute atomic E-state index is 0.168. The standard InChI is InChI=1S/C14H22BrN/c1-4-11(5-2)8-14(16)12-7-6-10(3)13(15)9-12/h6-7,9,11,14H,4-5,8,16H2,1-3H3. The van der Waals surface area contributed by atoms with Crippen molar-refractivity contribution in [3.8, 4) is 0 Å². The highest BCUT2D eigenvalue weighted by Crippen LogP contribution is 2.26. The predicted octanol–water partition coefficient (Wildman–Crippen LogP) is 4.58. The van der Waals surface area contributed by atoms with Gasteiger partial charge in [0.1, 0.15) is 0 Å². The van der Waals surface area contributed by atoms with Gasteiger partial charge in [-0.3, -0.25) is 0 Å². The van der Waals surface area contributed by atoms with E-state index in [0.29, 0.717) is 0 Å². The molecule has 2 heteroatoms. The average Bonchev–Trinajstić information content (AvgIpc) is 2.29. The van der Waals surface area contributed by atoms with Crippen LogP contribution in [0.2, 0.25) is 0 Å². The first kappa shape index (κ1) is 13.7. The zero-order valence-electron chi connectivity index (χ0n) is 10.5. The van der Waals surface area contributed by atoms with Gasteiger partial charge in [-0.1, -0.05) is 54.8 Å². The fraction of sp³-hybridized carbons (Fsp3) is 0.571. The molecule has 1 rings (SSSR count). The van der Waals surface area contributed by atoms with Crippen LogP contribution in [0.15, 0.2) is 22.7 Å². The van der Waals surface area contributed by atoms with Crippen molar-refractivity contribution in [1.82, 2.24) is 0 Å². The van der Waals surface area contributed by atoms with E-state index in [4.69, 9.17) is 5.73 Å². The molecule has 1 unspecified atom stereocenters. The van der Waals surface area contributed by atoms with Crippen LogP contribution in [0.5, 0.6) is 0 Å². The molecule has 0 spiro atoms. The maximum Gasteiger partial charge on any atom is 0.0297 e. The second-order valence-electron chi connectivity index (χ2n) is 4.53. The molecule has 1 aromatic carbocycles. The van der Waals surface area contributed by atoms with E-state index in [0.717, 1.165) is 16.8 Å². The van der Waals surface area contributed by atoms with Gasteiger partial charge in [0.25, 0.3) is 0 Å². The van der Waals surface area contributed by atoms with Crippen LogP contribution < -0.4 is 5.73 Å². The van der Waals surface area contributed by atoms with Crippen molar-refractivity contribution < 1.29 is 0 Å². The molecule has 2 N–H and O–H groups in total. The molecule has 16 heavy (non-hydrogen) atoms. The van der Waals surface area contributed by atoms with Crippen molar-refractivity contribution >= 4 is 15.9 Å². The summed E-state index contributed by atoms with van der Waals surface area (Å²) in [6, 6.07) is 6.60. The van der Waals surface area contributed by atoms with E-state index in [9.17, 15) is 0 Å². The Labute approximate surface area is 108 Å². The third kappa shape index (κ3) is 3.60. The van der Waals surface area contributed by atoms with Crippen LogP contribution in [0.3, 0.4) is 0 Å². The van der Waals surface area contributed by atoms with Gasteiger partial charge in [0.2, 0.25) is 0 Å². The van der Waals surface area contributed by atoms with Gasteiger partial charge < -0.3 is 5.73 Å². The van der Waals surface area contributed by atoms with Crippen molar-refractivity contribution in [3.05, 3.63) is 33.8 Å². The third-order valence-electron chi connectivity index (χ3n) is 3.37. The number of benzene rings is 1. The van der Waals surface area contributed by atoms with Crippen molar-refractivity contribution in [2.45, 2.75) is 46.1 Å². The van der Waals surface area contributed by atoms with Crippen LogP contribution >= 0.6 is 15.9 Å². The lowest BCUT2D eigenvalue weighted by molar-refractivity contribution is 0.414. The molecule has 0 aliphatic rings. The highest BCUT2D eigenvalue weighted by Gasteiger charge is 2.12. The molecule has 0 aromatic heterocycles. The number of hydrogen-bond acceptors (Lipinski definition) is 1. The van der Waals surface area contributed by atoms with Gasteiger partial charge >= 0.3 is 0 Å². The number of rotatable bonds is 5. The highest BCUT2D eigenvalue weighted by molar-refractivity contribution is 9.10. The Balaban J connectivity index is 2.72.